The van der Waals surface area contributed by atoms with Gasteiger partial charge in [0.2, 0.25) is 5.91 Å². The molecule has 0 heterocycles. The lowest BCUT2D eigenvalue weighted by Crippen LogP contribution is -2.45. The molecule has 0 radical (unpaired) electrons. The summed E-state index contributed by atoms with van der Waals surface area (Å²) >= 11 is 0. The summed E-state index contributed by atoms with van der Waals surface area (Å²) in [6, 6.07) is -0.621. The number of hydrogen-bond donors (Lipinski definition) is 3. The first-order chi connectivity index (χ1) is 36.2. The molecule has 0 spiro atoms. The zero-order valence-corrected chi connectivity index (χ0v) is 49.9. The van der Waals surface area contributed by atoms with Gasteiger partial charge in [-0.05, 0) is 51.4 Å². The van der Waals surface area contributed by atoms with Gasteiger partial charge in [-0.2, -0.15) is 0 Å². The van der Waals surface area contributed by atoms with Crippen molar-refractivity contribution < 1.29 is 15.0 Å². The van der Waals surface area contributed by atoms with Gasteiger partial charge in [-0.1, -0.05) is 359 Å². The monoisotopic (exact) mass is 1020 g/mol. The molecule has 0 aliphatic heterocycles. The predicted octanol–water partition coefficient (Wildman–Crippen LogP) is 22.8. The van der Waals surface area contributed by atoms with E-state index in [9.17, 15) is 15.0 Å². The van der Waals surface area contributed by atoms with Gasteiger partial charge in [0.15, 0.2) is 0 Å². The van der Waals surface area contributed by atoms with Crippen LogP contribution in [-0.2, 0) is 4.79 Å². The Morgan fingerprint density at radius 1 is 0.329 bits per heavy atom. The highest BCUT2D eigenvalue weighted by Crippen LogP contribution is 2.19. The minimum absolute atomic E-state index is 0.0554. The first kappa shape index (κ1) is 71.6. The summed E-state index contributed by atoms with van der Waals surface area (Å²) in [6.45, 7) is 4.34. The van der Waals surface area contributed by atoms with E-state index >= 15 is 0 Å². The van der Waals surface area contributed by atoms with Gasteiger partial charge < -0.3 is 15.5 Å². The van der Waals surface area contributed by atoms with Crippen LogP contribution < -0.4 is 5.32 Å². The Labute approximate surface area is 459 Å². The second-order valence-corrected chi connectivity index (χ2v) is 23.2. The smallest absolute Gasteiger partial charge is 0.220 e. The van der Waals surface area contributed by atoms with Gasteiger partial charge >= 0.3 is 0 Å². The molecule has 0 bridgehead atoms. The minimum Gasteiger partial charge on any atom is -0.394 e. The lowest BCUT2D eigenvalue weighted by molar-refractivity contribution is -0.123. The van der Waals surface area contributed by atoms with Crippen molar-refractivity contribution in [3.63, 3.8) is 0 Å². The van der Waals surface area contributed by atoms with Crippen molar-refractivity contribution in [1.29, 1.82) is 0 Å². The molecule has 73 heavy (non-hydrogen) atoms. The summed E-state index contributed by atoms with van der Waals surface area (Å²) in [6.07, 6.45) is 89.4. The zero-order valence-electron chi connectivity index (χ0n) is 49.9. The normalized spacial score (nSPS) is 12.9. The van der Waals surface area contributed by atoms with Gasteiger partial charge in [0, 0.05) is 6.42 Å². The van der Waals surface area contributed by atoms with Crippen LogP contribution >= 0.6 is 0 Å². The molecule has 0 saturated heterocycles. The lowest BCUT2D eigenvalue weighted by Gasteiger charge is -2.20. The molecular formula is C69H133NO3. The highest BCUT2D eigenvalue weighted by Gasteiger charge is 2.18. The SMILES string of the molecule is CCCCCCC/C=C\C/C=C\CCCCCCCCCCCCCCCCCCCCCCCCCCCC(=O)NC(CO)C(O)/C=C/CCCCCCCCCCCCCCCCCCCCCCCC. The molecule has 1 amide bonds. The third-order valence-electron chi connectivity index (χ3n) is 15.9. The summed E-state index contributed by atoms with van der Waals surface area (Å²) < 4.78 is 0. The molecule has 0 rings (SSSR count). The molecule has 2 unspecified atom stereocenters. The molecule has 0 aromatic heterocycles. The Hall–Kier alpha value is -1.39. The van der Waals surface area contributed by atoms with Gasteiger partial charge in [0.1, 0.15) is 0 Å². The molecule has 3 N–H and O–H groups in total. The van der Waals surface area contributed by atoms with Crippen molar-refractivity contribution in [2.45, 2.75) is 392 Å². The molecule has 0 aliphatic rings. The van der Waals surface area contributed by atoms with E-state index in [1.807, 2.05) is 6.08 Å². The van der Waals surface area contributed by atoms with Crippen molar-refractivity contribution in [1.82, 2.24) is 5.32 Å². The van der Waals surface area contributed by atoms with Crippen LogP contribution in [0.3, 0.4) is 0 Å². The first-order valence-corrected chi connectivity index (χ1v) is 33.7. The molecule has 0 saturated carbocycles. The third-order valence-corrected chi connectivity index (χ3v) is 15.9. The molecule has 0 aliphatic carbocycles. The number of hydrogen-bond acceptors (Lipinski definition) is 3. The first-order valence-electron chi connectivity index (χ1n) is 33.7. The molecule has 0 aromatic carbocycles. The minimum atomic E-state index is -0.838. The van der Waals surface area contributed by atoms with Crippen molar-refractivity contribution in [3.05, 3.63) is 36.5 Å². The fourth-order valence-corrected chi connectivity index (χ4v) is 10.7. The van der Waals surface area contributed by atoms with E-state index in [4.69, 9.17) is 0 Å². The fourth-order valence-electron chi connectivity index (χ4n) is 10.7. The molecule has 0 fully saturated rings. The van der Waals surface area contributed by atoms with Gasteiger partial charge in [-0.3, -0.25) is 4.79 Å². The zero-order chi connectivity index (χ0) is 52.7. The number of rotatable bonds is 63. The number of aliphatic hydroxyl groups is 2. The highest BCUT2D eigenvalue weighted by molar-refractivity contribution is 5.76. The van der Waals surface area contributed by atoms with Crippen molar-refractivity contribution in [2.75, 3.05) is 6.61 Å². The Bertz CT molecular complexity index is 1110. The van der Waals surface area contributed by atoms with E-state index in [-0.39, 0.29) is 12.5 Å². The standard InChI is InChI=1S/C69H133NO3/c1-3-5-7-9-11-13-15-17-19-21-23-25-27-29-30-31-32-33-34-35-36-37-38-39-40-41-43-45-47-49-51-53-55-57-59-61-63-65-69(73)70-67(66-71)68(72)64-62-60-58-56-54-52-50-48-46-44-42-28-26-24-22-20-18-16-14-12-10-8-6-4-2/h15,17,21,23,62,64,67-68,71-72H,3-14,16,18-20,22,24-61,63,65-66H2,1-2H3,(H,70,73)/b17-15-,23-21-,64-62+. The molecule has 4 heteroatoms. The van der Waals surface area contributed by atoms with Gasteiger partial charge in [0.25, 0.3) is 0 Å². The van der Waals surface area contributed by atoms with Gasteiger partial charge in [0.05, 0.1) is 18.8 Å². The van der Waals surface area contributed by atoms with E-state index in [1.165, 1.54) is 327 Å². The number of carbonyl (C=O) groups is 1. The molecule has 2 atom stereocenters. The second kappa shape index (κ2) is 64.9. The summed E-state index contributed by atoms with van der Waals surface area (Å²) in [5.74, 6) is -0.0554. The second-order valence-electron chi connectivity index (χ2n) is 23.2. The van der Waals surface area contributed by atoms with E-state index < -0.39 is 12.1 Å². The Morgan fingerprint density at radius 2 is 0.562 bits per heavy atom. The maximum absolute atomic E-state index is 12.5. The fraction of sp³-hybridized carbons (Fsp3) is 0.899. The number of nitrogens with one attached hydrogen (secondary N) is 1. The quantitative estimate of drug-likeness (QED) is 0.0420. The molecule has 4 nitrogen and oxygen atoms in total. The highest BCUT2D eigenvalue weighted by atomic mass is 16.3. The largest absolute Gasteiger partial charge is 0.394 e. The van der Waals surface area contributed by atoms with E-state index in [0.29, 0.717) is 6.42 Å². The van der Waals surface area contributed by atoms with E-state index in [1.54, 1.807) is 6.08 Å². The van der Waals surface area contributed by atoms with Gasteiger partial charge in [-0.15, -0.1) is 0 Å². The lowest BCUT2D eigenvalue weighted by atomic mass is 10.0. The number of aliphatic hydroxyl groups excluding tert-OH is 2. The van der Waals surface area contributed by atoms with Crippen LogP contribution in [0.15, 0.2) is 36.5 Å². The summed E-state index contributed by atoms with van der Waals surface area (Å²) in [5.41, 5.74) is 0. The van der Waals surface area contributed by atoms with Crippen LogP contribution in [0.25, 0.3) is 0 Å². The summed E-state index contributed by atoms with van der Waals surface area (Å²) in [5, 5.41) is 23.3. The van der Waals surface area contributed by atoms with Crippen LogP contribution in [0.5, 0.6) is 0 Å². The average molecular weight is 1020 g/mol. The van der Waals surface area contributed by atoms with Crippen LogP contribution in [0.4, 0.5) is 0 Å². The molecule has 0 aromatic rings. The summed E-state index contributed by atoms with van der Waals surface area (Å²) in [4.78, 5) is 12.5. The van der Waals surface area contributed by atoms with Crippen LogP contribution in [0.2, 0.25) is 0 Å². The Kier molecular flexibility index (Phi) is 63.7. The number of allylic oxidation sites excluding steroid dienone is 5. The van der Waals surface area contributed by atoms with Crippen molar-refractivity contribution in [3.8, 4) is 0 Å². The molecule has 432 valence electrons. The third kappa shape index (κ3) is 61.3. The maximum Gasteiger partial charge on any atom is 0.220 e. The average Bonchev–Trinajstić information content (AvgIpc) is 3.40. The summed E-state index contributed by atoms with van der Waals surface area (Å²) in [7, 11) is 0. The van der Waals surface area contributed by atoms with Crippen LogP contribution in [-0.4, -0.2) is 34.9 Å². The van der Waals surface area contributed by atoms with Gasteiger partial charge in [-0.25, -0.2) is 0 Å². The maximum atomic E-state index is 12.5. The van der Waals surface area contributed by atoms with Crippen LogP contribution in [0.1, 0.15) is 380 Å². The Balaban J connectivity index is 3.40. The predicted molar refractivity (Wildman–Crippen MR) is 327 cm³/mol. The van der Waals surface area contributed by atoms with E-state index in [2.05, 4.69) is 43.5 Å². The Morgan fingerprint density at radius 3 is 0.822 bits per heavy atom. The topological polar surface area (TPSA) is 69.6 Å². The number of amides is 1. The number of unbranched alkanes of at least 4 members (excludes halogenated alkanes) is 52. The number of carbonyl (C=O) groups excluding carboxylic acids is 1. The van der Waals surface area contributed by atoms with Crippen molar-refractivity contribution >= 4 is 5.91 Å². The van der Waals surface area contributed by atoms with Crippen LogP contribution in [0, 0.1) is 0 Å². The van der Waals surface area contributed by atoms with E-state index in [0.717, 1.165) is 32.1 Å². The molecular weight excluding hydrogens is 891 g/mol. The van der Waals surface area contributed by atoms with Crippen molar-refractivity contribution in [2.24, 2.45) is 0 Å².